The molecule has 2 rings (SSSR count). The van der Waals surface area contributed by atoms with Gasteiger partial charge < -0.3 is 5.32 Å². The highest BCUT2D eigenvalue weighted by Gasteiger charge is 2.27. The van der Waals surface area contributed by atoms with Crippen molar-refractivity contribution >= 4 is 5.69 Å². The lowest BCUT2D eigenvalue weighted by atomic mass is 9.75. The van der Waals surface area contributed by atoms with E-state index < -0.39 is 0 Å². The quantitative estimate of drug-likeness (QED) is 0.713. The summed E-state index contributed by atoms with van der Waals surface area (Å²) < 4.78 is 0. The van der Waals surface area contributed by atoms with Crippen LogP contribution in [0.3, 0.4) is 0 Å². The average Bonchev–Trinajstić information content (AvgIpc) is 2.46. The summed E-state index contributed by atoms with van der Waals surface area (Å²) in [7, 11) is 0. The number of rotatable bonds is 6. The SMILES string of the molecule is CCC[C@@H](C1CCCCC1)[C@H](C)Nc1ccccc1. The highest BCUT2D eigenvalue weighted by Crippen LogP contribution is 2.35. The number of para-hydroxylation sites is 1. The molecule has 1 aromatic rings. The molecule has 1 heteroatoms. The van der Waals surface area contributed by atoms with Gasteiger partial charge in [-0.1, -0.05) is 63.6 Å². The molecule has 0 aromatic heterocycles. The number of hydrogen-bond acceptors (Lipinski definition) is 1. The molecule has 0 spiro atoms. The maximum atomic E-state index is 3.72. The van der Waals surface area contributed by atoms with Gasteiger partial charge in [-0.05, 0) is 37.3 Å². The molecule has 1 aliphatic carbocycles. The maximum Gasteiger partial charge on any atom is 0.0342 e. The third kappa shape index (κ3) is 4.26. The van der Waals surface area contributed by atoms with E-state index in [1.807, 2.05) is 0 Å². The molecule has 19 heavy (non-hydrogen) atoms. The summed E-state index contributed by atoms with van der Waals surface area (Å²) in [5.74, 6) is 1.78. The van der Waals surface area contributed by atoms with Crippen molar-refractivity contribution in [1.29, 1.82) is 0 Å². The zero-order chi connectivity index (χ0) is 13.5. The Labute approximate surface area is 118 Å². The Morgan fingerprint density at radius 1 is 1.11 bits per heavy atom. The minimum absolute atomic E-state index is 0.588. The molecule has 0 aliphatic heterocycles. The van der Waals surface area contributed by atoms with E-state index in [1.54, 1.807) is 0 Å². The van der Waals surface area contributed by atoms with Gasteiger partial charge in [0.05, 0.1) is 0 Å². The Kier molecular flexibility index (Phi) is 5.75. The summed E-state index contributed by atoms with van der Waals surface area (Å²) in [6, 6.07) is 11.3. The second kappa shape index (κ2) is 7.57. The zero-order valence-electron chi connectivity index (χ0n) is 12.6. The van der Waals surface area contributed by atoms with E-state index in [1.165, 1.54) is 50.6 Å². The van der Waals surface area contributed by atoms with Crippen LogP contribution in [0.2, 0.25) is 0 Å². The zero-order valence-corrected chi connectivity index (χ0v) is 12.6. The van der Waals surface area contributed by atoms with Crippen molar-refractivity contribution in [3.63, 3.8) is 0 Å². The van der Waals surface area contributed by atoms with Gasteiger partial charge in [0.25, 0.3) is 0 Å². The fourth-order valence-electron chi connectivity index (χ4n) is 3.69. The van der Waals surface area contributed by atoms with Crippen molar-refractivity contribution in [2.24, 2.45) is 11.8 Å². The fourth-order valence-corrected chi connectivity index (χ4v) is 3.69. The van der Waals surface area contributed by atoms with Gasteiger partial charge >= 0.3 is 0 Å². The molecule has 0 saturated heterocycles. The second-order valence-corrected chi connectivity index (χ2v) is 6.15. The molecule has 106 valence electrons. The first kappa shape index (κ1) is 14.4. The van der Waals surface area contributed by atoms with Crippen LogP contribution >= 0.6 is 0 Å². The molecule has 1 N–H and O–H groups in total. The molecule has 0 amide bonds. The normalized spacial score (nSPS) is 19.9. The number of anilines is 1. The monoisotopic (exact) mass is 259 g/mol. The van der Waals surface area contributed by atoms with Gasteiger partial charge in [-0.15, -0.1) is 0 Å². The third-order valence-corrected chi connectivity index (χ3v) is 4.69. The summed E-state index contributed by atoms with van der Waals surface area (Å²) in [6.07, 6.45) is 9.92. The van der Waals surface area contributed by atoms with Crippen molar-refractivity contribution in [3.8, 4) is 0 Å². The molecular formula is C18H29N. The van der Waals surface area contributed by atoms with Crippen molar-refractivity contribution in [3.05, 3.63) is 30.3 Å². The molecule has 0 unspecified atom stereocenters. The highest BCUT2D eigenvalue weighted by molar-refractivity contribution is 5.43. The largest absolute Gasteiger partial charge is 0.382 e. The summed E-state index contributed by atoms with van der Waals surface area (Å²) in [6.45, 7) is 4.70. The van der Waals surface area contributed by atoms with Crippen LogP contribution in [0, 0.1) is 11.8 Å². The van der Waals surface area contributed by atoms with Crippen molar-refractivity contribution < 1.29 is 0 Å². The van der Waals surface area contributed by atoms with Crippen LogP contribution < -0.4 is 5.32 Å². The van der Waals surface area contributed by atoms with E-state index in [4.69, 9.17) is 0 Å². The molecule has 0 heterocycles. The predicted octanol–water partition coefficient (Wildman–Crippen LogP) is 5.48. The van der Waals surface area contributed by atoms with E-state index in [9.17, 15) is 0 Å². The standard InChI is InChI=1S/C18H29N/c1-3-10-18(16-11-6-4-7-12-16)15(2)19-17-13-8-5-9-14-17/h5,8-9,13-16,18-19H,3-4,6-7,10-12H2,1-2H3/t15-,18+/m0/s1. The van der Waals surface area contributed by atoms with Crippen LogP contribution in [-0.4, -0.2) is 6.04 Å². The first-order valence-corrected chi connectivity index (χ1v) is 8.13. The van der Waals surface area contributed by atoms with Gasteiger partial charge in [0.1, 0.15) is 0 Å². The van der Waals surface area contributed by atoms with Gasteiger partial charge in [0.2, 0.25) is 0 Å². The van der Waals surface area contributed by atoms with Crippen LogP contribution in [0.25, 0.3) is 0 Å². The van der Waals surface area contributed by atoms with Crippen LogP contribution in [0.15, 0.2) is 30.3 Å². The first-order valence-electron chi connectivity index (χ1n) is 8.13. The van der Waals surface area contributed by atoms with Gasteiger partial charge in [0, 0.05) is 11.7 Å². The number of hydrogen-bond donors (Lipinski definition) is 1. The van der Waals surface area contributed by atoms with Crippen LogP contribution in [-0.2, 0) is 0 Å². The van der Waals surface area contributed by atoms with E-state index in [-0.39, 0.29) is 0 Å². The smallest absolute Gasteiger partial charge is 0.0342 e. The molecule has 0 bridgehead atoms. The fraction of sp³-hybridized carbons (Fsp3) is 0.667. The van der Waals surface area contributed by atoms with Gasteiger partial charge in [0.15, 0.2) is 0 Å². The topological polar surface area (TPSA) is 12.0 Å². The lowest BCUT2D eigenvalue weighted by Gasteiger charge is -2.35. The molecule has 1 saturated carbocycles. The summed E-state index contributed by atoms with van der Waals surface area (Å²) in [4.78, 5) is 0. The molecule has 1 nitrogen and oxygen atoms in total. The highest BCUT2D eigenvalue weighted by atomic mass is 14.9. The third-order valence-electron chi connectivity index (χ3n) is 4.69. The molecule has 1 fully saturated rings. The van der Waals surface area contributed by atoms with E-state index in [0.717, 1.165) is 11.8 Å². The Bertz CT molecular complexity index is 340. The van der Waals surface area contributed by atoms with Gasteiger partial charge in [-0.2, -0.15) is 0 Å². The Hall–Kier alpha value is -0.980. The minimum Gasteiger partial charge on any atom is -0.382 e. The van der Waals surface area contributed by atoms with Crippen LogP contribution in [0.5, 0.6) is 0 Å². The second-order valence-electron chi connectivity index (χ2n) is 6.15. The molecule has 1 aliphatic rings. The number of benzene rings is 1. The lowest BCUT2D eigenvalue weighted by Crippen LogP contribution is -2.33. The van der Waals surface area contributed by atoms with Crippen molar-refractivity contribution in [2.45, 2.75) is 64.8 Å². The minimum atomic E-state index is 0.588. The first-order chi connectivity index (χ1) is 9.31. The summed E-state index contributed by atoms with van der Waals surface area (Å²) in [5, 5.41) is 3.72. The Balaban J connectivity index is 1.97. The lowest BCUT2D eigenvalue weighted by molar-refractivity contribution is 0.216. The Morgan fingerprint density at radius 3 is 2.42 bits per heavy atom. The summed E-state index contributed by atoms with van der Waals surface area (Å²) in [5.41, 5.74) is 1.27. The molecule has 1 aromatic carbocycles. The Morgan fingerprint density at radius 2 is 1.79 bits per heavy atom. The van der Waals surface area contributed by atoms with Crippen LogP contribution in [0.4, 0.5) is 5.69 Å². The predicted molar refractivity (Wildman–Crippen MR) is 84.5 cm³/mol. The average molecular weight is 259 g/mol. The van der Waals surface area contributed by atoms with Crippen LogP contribution in [0.1, 0.15) is 58.8 Å². The van der Waals surface area contributed by atoms with Gasteiger partial charge in [-0.25, -0.2) is 0 Å². The van der Waals surface area contributed by atoms with Gasteiger partial charge in [-0.3, -0.25) is 0 Å². The van der Waals surface area contributed by atoms with E-state index >= 15 is 0 Å². The number of nitrogens with one attached hydrogen (secondary N) is 1. The molecule has 2 atom stereocenters. The van der Waals surface area contributed by atoms with Crippen molar-refractivity contribution in [1.82, 2.24) is 0 Å². The van der Waals surface area contributed by atoms with Crippen molar-refractivity contribution in [2.75, 3.05) is 5.32 Å². The summed E-state index contributed by atoms with van der Waals surface area (Å²) >= 11 is 0. The maximum absolute atomic E-state index is 3.72. The molecule has 0 radical (unpaired) electrons. The van der Waals surface area contributed by atoms with E-state index in [2.05, 4.69) is 49.5 Å². The van der Waals surface area contributed by atoms with E-state index in [0.29, 0.717) is 6.04 Å². The molecular weight excluding hydrogens is 230 g/mol.